The van der Waals surface area contributed by atoms with E-state index in [2.05, 4.69) is 50.0 Å². The summed E-state index contributed by atoms with van der Waals surface area (Å²) in [6.45, 7) is 6.74. The molecule has 4 fully saturated rings. The van der Waals surface area contributed by atoms with Gasteiger partial charge in [0.25, 0.3) is 0 Å². The molecule has 53 heavy (non-hydrogen) atoms. The standard InChI is InChI=1S/C46H64O7/c1-32(12-11-15-33-13-5-4-6-14-33)17-18-37(47)46-38(48)21-25-43(3,35-20-26-44(29-35)23-9-10-24-44)41(46)36-30-42(2,22-8-7-16-39(49)53-36)45(46,51)27-19-34-28-40(50)52-31-34/h4-6,13-14,28,32,35-38,41,47-48,51H,7,9-12,15-21,23-27,29-31H2,1-3H3. The fourth-order valence-electron chi connectivity index (χ4n) is 13.0. The van der Waals surface area contributed by atoms with Crippen LogP contribution in [-0.4, -0.2) is 57.8 Å². The lowest BCUT2D eigenvalue weighted by Gasteiger charge is -2.71. The third-order valence-corrected chi connectivity index (χ3v) is 15.8. The number of esters is 2. The first-order valence-corrected chi connectivity index (χ1v) is 21.0. The first-order chi connectivity index (χ1) is 25.3. The Morgan fingerprint density at radius 2 is 1.74 bits per heavy atom. The summed E-state index contributed by atoms with van der Waals surface area (Å²) in [6, 6.07) is 10.5. The van der Waals surface area contributed by atoms with E-state index < -0.39 is 40.7 Å². The number of benzene rings is 1. The van der Waals surface area contributed by atoms with Gasteiger partial charge in [-0.1, -0.05) is 69.4 Å². The Kier molecular flexibility index (Phi) is 11.0. The number of rotatable bonds is 12. The Bertz CT molecular complexity index is 1590. The molecule has 2 aliphatic heterocycles. The topological polar surface area (TPSA) is 113 Å². The summed E-state index contributed by atoms with van der Waals surface area (Å²) in [4.78, 5) is 25.7. The van der Waals surface area contributed by atoms with Crippen LogP contribution in [0.5, 0.6) is 0 Å². The lowest BCUT2D eigenvalue weighted by atomic mass is 9.35. The maximum atomic E-state index is 13.9. The summed E-state index contributed by atoms with van der Waals surface area (Å²) in [7, 11) is 0. The minimum absolute atomic E-state index is 0.179. The van der Waals surface area contributed by atoms with E-state index in [4.69, 9.17) is 9.47 Å². The Morgan fingerprint density at radius 3 is 2.47 bits per heavy atom. The minimum Gasteiger partial charge on any atom is -0.462 e. The molecule has 4 aliphatic carbocycles. The highest BCUT2D eigenvalue weighted by Gasteiger charge is 2.78. The number of hydrogen-bond acceptors (Lipinski definition) is 7. The molecule has 0 aromatic heterocycles. The molecule has 10 atom stereocenters. The van der Waals surface area contributed by atoms with E-state index in [0.717, 1.165) is 50.5 Å². The van der Waals surface area contributed by atoms with Crippen molar-refractivity contribution in [1.29, 1.82) is 0 Å². The molecule has 4 saturated carbocycles. The van der Waals surface area contributed by atoms with E-state index in [9.17, 15) is 24.9 Å². The van der Waals surface area contributed by atoms with Crippen molar-refractivity contribution in [2.24, 2.45) is 39.4 Å². The van der Waals surface area contributed by atoms with Crippen LogP contribution in [0, 0.1) is 51.3 Å². The zero-order valence-corrected chi connectivity index (χ0v) is 32.5. The summed E-state index contributed by atoms with van der Waals surface area (Å²) >= 11 is 0. The van der Waals surface area contributed by atoms with Crippen molar-refractivity contribution in [2.75, 3.05) is 6.61 Å². The Morgan fingerprint density at radius 1 is 0.962 bits per heavy atom. The van der Waals surface area contributed by atoms with Crippen LogP contribution in [0.1, 0.15) is 142 Å². The number of fused-ring (bicyclic) bond motifs is 4. The van der Waals surface area contributed by atoms with Crippen molar-refractivity contribution in [3.8, 4) is 11.8 Å². The van der Waals surface area contributed by atoms with Gasteiger partial charge < -0.3 is 24.8 Å². The second kappa shape index (κ2) is 15.1. The fourth-order valence-corrected chi connectivity index (χ4v) is 13.0. The van der Waals surface area contributed by atoms with Gasteiger partial charge >= 0.3 is 11.9 Å². The van der Waals surface area contributed by atoms with Gasteiger partial charge in [0.2, 0.25) is 0 Å². The summed E-state index contributed by atoms with van der Waals surface area (Å²) in [5.74, 6) is 6.23. The molecule has 1 aromatic rings. The normalized spacial score (nSPS) is 38.7. The van der Waals surface area contributed by atoms with Crippen molar-refractivity contribution in [1.82, 2.24) is 0 Å². The monoisotopic (exact) mass is 728 g/mol. The average molecular weight is 729 g/mol. The first-order valence-electron chi connectivity index (χ1n) is 21.0. The van der Waals surface area contributed by atoms with Crippen LogP contribution in [-0.2, 0) is 25.5 Å². The molecule has 6 aliphatic rings. The van der Waals surface area contributed by atoms with Crippen molar-refractivity contribution >= 4 is 11.9 Å². The average Bonchev–Trinajstić information content (AvgIpc) is 3.91. The van der Waals surface area contributed by atoms with Crippen molar-refractivity contribution in [3.63, 3.8) is 0 Å². The van der Waals surface area contributed by atoms with Gasteiger partial charge in [-0.2, -0.15) is 0 Å². The van der Waals surface area contributed by atoms with Gasteiger partial charge in [0, 0.05) is 24.8 Å². The van der Waals surface area contributed by atoms with Crippen LogP contribution >= 0.6 is 0 Å². The maximum absolute atomic E-state index is 13.9. The highest BCUT2D eigenvalue weighted by molar-refractivity contribution is 5.85. The van der Waals surface area contributed by atoms with E-state index in [1.165, 1.54) is 43.7 Å². The third kappa shape index (κ3) is 6.93. The van der Waals surface area contributed by atoms with Crippen molar-refractivity contribution in [3.05, 3.63) is 47.5 Å². The predicted molar refractivity (Wildman–Crippen MR) is 204 cm³/mol. The van der Waals surface area contributed by atoms with Crippen molar-refractivity contribution in [2.45, 2.75) is 167 Å². The summed E-state index contributed by atoms with van der Waals surface area (Å²) in [5.41, 5.74) is -2.08. The largest absolute Gasteiger partial charge is 0.462 e. The zero-order chi connectivity index (χ0) is 37.5. The molecule has 0 radical (unpaired) electrons. The number of carbonyl (C=O) groups excluding carboxylic acids is 2. The molecule has 7 nitrogen and oxygen atoms in total. The maximum Gasteiger partial charge on any atom is 0.331 e. The van der Waals surface area contributed by atoms with Crippen molar-refractivity contribution < 1.29 is 34.4 Å². The lowest BCUT2D eigenvalue weighted by molar-refractivity contribution is -0.338. The number of aryl methyl sites for hydroxylation is 1. The van der Waals surface area contributed by atoms with Gasteiger partial charge in [-0.05, 0) is 124 Å². The highest BCUT2D eigenvalue weighted by Crippen LogP contribution is 2.73. The third-order valence-electron chi connectivity index (χ3n) is 15.8. The zero-order valence-electron chi connectivity index (χ0n) is 32.5. The van der Waals surface area contributed by atoms with Crippen LogP contribution in [0.2, 0.25) is 0 Å². The number of carbonyl (C=O) groups is 2. The Labute approximate surface area is 317 Å². The number of hydrogen-bond donors (Lipinski definition) is 3. The van der Waals surface area contributed by atoms with E-state index in [1.54, 1.807) is 0 Å². The molecular formula is C46H64O7. The van der Waals surface area contributed by atoms with E-state index in [1.807, 2.05) is 13.0 Å². The van der Waals surface area contributed by atoms with Gasteiger partial charge in [0.1, 0.15) is 12.7 Å². The first kappa shape index (κ1) is 38.6. The molecule has 2 bridgehead atoms. The van der Waals surface area contributed by atoms with Gasteiger partial charge in [0.15, 0.2) is 0 Å². The molecule has 0 amide bonds. The molecule has 2 heterocycles. The molecular weight excluding hydrogens is 664 g/mol. The molecule has 7 rings (SSSR count). The van der Waals surface area contributed by atoms with Crippen LogP contribution in [0.15, 0.2) is 42.0 Å². The highest BCUT2D eigenvalue weighted by atomic mass is 16.5. The van der Waals surface area contributed by atoms with Crippen LogP contribution in [0.3, 0.4) is 0 Å². The van der Waals surface area contributed by atoms with Gasteiger partial charge in [-0.3, -0.25) is 4.79 Å². The van der Waals surface area contributed by atoms with E-state index in [0.29, 0.717) is 49.4 Å². The molecule has 3 N–H and O–H groups in total. The smallest absolute Gasteiger partial charge is 0.331 e. The fraction of sp³-hybridized carbons (Fsp3) is 0.739. The van der Waals surface area contributed by atoms with Gasteiger partial charge in [-0.15, -0.1) is 5.92 Å². The van der Waals surface area contributed by atoms with E-state index in [-0.39, 0.29) is 36.8 Å². The number of ether oxygens (including phenoxy) is 2. The number of cyclic esters (lactones) is 1. The minimum atomic E-state index is -1.65. The number of aliphatic hydroxyl groups is 3. The van der Waals surface area contributed by atoms with E-state index >= 15 is 0 Å². The molecule has 7 heteroatoms. The van der Waals surface area contributed by atoms with Gasteiger partial charge in [-0.25, -0.2) is 4.79 Å². The second-order valence-corrected chi connectivity index (χ2v) is 18.8. The quantitative estimate of drug-likeness (QED) is 0.148. The Balaban J connectivity index is 1.29. The second-order valence-electron chi connectivity index (χ2n) is 18.8. The summed E-state index contributed by atoms with van der Waals surface area (Å²) in [5, 5.41) is 39.8. The molecule has 1 aromatic carbocycles. The van der Waals surface area contributed by atoms with Crippen LogP contribution in [0.25, 0.3) is 0 Å². The number of aliphatic hydroxyl groups excluding tert-OH is 2. The molecule has 0 saturated heterocycles. The summed E-state index contributed by atoms with van der Waals surface area (Å²) in [6.07, 6.45) is 14.2. The Hall–Kier alpha value is -2.66. The predicted octanol–water partition coefficient (Wildman–Crippen LogP) is 8.02. The molecule has 10 unspecified atom stereocenters. The lowest BCUT2D eigenvalue weighted by Crippen LogP contribution is -2.79. The van der Waals surface area contributed by atoms with Crippen LogP contribution < -0.4 is 0 Å². The molecule has 290 valence electrons. The van der Waals surface area contributed by atoms with Gasteiger partial charge in [0.05, 0.1) is 35.1 Å². The SMILES string of the molecule is CC(CCCc1ccccc1)CCC(O)C12C(O)CCC(C)(C3CCC4(CCCC4)C3)C1C1CC(C)(C#CCCC(=O)O1)C2(O)CCC1=CC(=O)OC1. The van der Waals surface area contributed by atoms with Crippen LogP contribution in [0.4, 0.5) is 0 Å². The summed E-state index contributed by atoms with van der Waals surface area (Å²) < 4.78 is 11.8. The molecule has 1 spiro atoms.